The molecule has 0 aromatic heterocycles. The van der Waals surface area contributed by atoms with Crippen LogP contribution in [0.2, 0.25) is 0 Å². The van der Waals surface area contributed by atoms with Gasteiger partial charge in [0.2, 0.25) is 0 Å². The Morgan fingerprint density at radius 3 is 2.35 bits per heavy atom. The number of aryl methyl sites for hydroxylation is 1. The van der Waals surface area contributed by atoms with Gasteiger partial charge >= 0.3 is 0 Å². The summed E-state index contributed by atoms with van der Waals surface area (Å²) in [6.07, 6.45) is 0. The number of hydrogen-bond acceptors (Lipinski definition) is 4. The van der Waals surface area contributed by atoms with Crippen LogP contribution in [0.5, 0.6) is 5.75 Å². The second kappa shape index (κ2) is 5.54. The second-order valence-corrected chi connectivity index (χ2v) is 6.63. The van der Waals surface area contributed by atoms with Gasteiger partial charge in [-0.25, -0.2) is 8.42 Å². The number of methoxy groups -OCH3 is 1. The Labute approximate surface area is 119 Å². The number of rotatable bonds is 4. The van der Waals surface area contributed by atoms with Crippen molar-refractivity contribution in [3.05, 3.63) is 53.6 Å². The molecule has 0 fully saturated rings. The minimum absolute atomic E-state index is 0.140. The summed E-state index contributed by atoms with van der Waals surface area (Å²) in [6, 6.07) is 11.8. The number of sulfone groups is 1. The predicted octanol–water partition coefficient (Wildman–Crippen LogP) is 2.56. The van der Waals surface area contributed by atoms with Gasteiger partial charge in [0.15, 0.2) is 9.84 Å². The molecule has 5 heteroatoms. The smallest absolute Gasteiger partial charge is 0.182 e. The summed E-state index contributed by atoms with van der Waals surface area (Å²) >= 11 is 0. The molecule has 0 spiro atoms. The van der Waals surface area contributed by atoms with Crippen molar-refractivity contribution in [2.75, 3.05) is 12.8 Å². The number of benzene rings is 2. The van der Waals surface area contributed by atoms with E-state index >= 15 is 0 Å². The highest BCUT2D eigenvalue weighted by atomic mass is 32.2. The molecule has 2 aromatic rings. The molecule has 2 N–H and O–H groups in total. The van der Waals surface area contributed by atoms with E-state index in [2.05, 4.69) is 0 Å². The van der Waals surface area contributed by atoms with Gasteiger partial charge in [-0.2, -0.15) is 0 Å². The van der Waals surface area contributed by atoms with Crippen LogP contribution in [0.25, 0.3) is 0 Å². The van der Waals surface area contributed by atoms with E-state index in [0.717, 1.165) is 5.56 Å². The third-order valence-corrected chi connectivity index (χ3v) is 4.76. The predicted molar refractivity (Wildman–Crippen MR) is 79.5 cm³/mol. The fraction of sp³-hybridized carbons (Fsp3) is 0.200. The van der Waals surface area contributed by atoms with Crippen LogP contribution in [0.4, 0.5) is 5.69 Å². The Morgan fingerprint density at radius 1 is 1.10 bits per heavy atom. The number of nitrogens with two attached hydrogens (primary N) is 1. The van der Waals surface area contributed by atoms with Crippen molar-refractivity contribution in [1.82, 2.24) is 0 Å². The largest absolute Gasteiger partial charge is 0.497 e. The number of hydrogen-bond donors (Lipinski definition) is 1. The highest BCUT2D eigenvalue weighted by molar-refractivity contribution is 7.90. The zero-order chi connectivity index (χ0) is 14.8. The van der Waals surface area contributed by atoms with Gasteiger partial charge in [0, 0.05) is 5.69 Å². The van der Waals surface area contributed by atoms with E-state index in [1.165, 1.54) is 7.11 Å². The average molecular weight is 291 g/mol. The van der Waals surface area contributed by atoms with E-state index in [9.17, 15) is 8.42 Å². The molecule has 0 bridgehead atoms. The quantitative estimate of drug-likeness (QED) is 0.879. The summed E-state index contributed by atoms with van der Waals surface area (Å²) in [6.45, 7) is 1.91. The molecule has 0 unspecified atom stereocenters. The Hall–Kier alpha value is -2.01. The molecular weight excluding hydrogens is 274 g/mol. The fourth-order valence-corrected chi connectivity index (χ4v) is 3.24. The second-order valence-electron chi connectivity index (χ2n) is 4.64. The minimum Gasteiger partial charge on any atom is -0.497 e. The van der Waals surface area contributed by atoms with Crippen molar-refractivity contribution in [1.29, 1.82) is 0 Å². The van der Waals surface area contributed by atoms with E-state index in [4.69, 9.17) is 10.5 Å². The molecule has 0 aliphatic heterocycles. The Bertz CT molecular complexity index is 706. The molecule has 20 heavy (non-hydrogen) atoms. The number of nitrogen functional groups attached to an aromatic ring is 1. The zero-order valence-electron chi connectivity index (χ0n) is 11.5. The first-order chi connectivity index (χ1) is 9.42. The molecule has 0 saturated heterocycles. The van der Waals surface area contributed by atoms with Crippen LogP contribution in [0.3, 0.4) is 0 Å². The van der Waals surface area contributed by atoms with Crippen LogP contribution in [0, 0.1) is 6.92 Å². The molecule has 2 aromatic carbocycles. The standard InChI is InChI=1S/C15H17NO3S/c1-11-3-6-14(7-4-11)20(17,18)10-12-9-13(19-2)5-8-15(12)16/h3-9H,10,16H2,1-2H3. The minimum atomic E-state index is -3.41. The molecule has 0 amide bonds. The normalized spacial score (nSPS) is 11.3. The van der Waals surface area contributed by atoms with E-state index in [1.54, 1.807) is 42.5 Å². The molecule has 0 heterocycles. The van der Waals surface area contributed by atoms with Gasteiger partial charge < -0.3 is 10.5 Å². The lowest BCUT2D eigenvalue weighted by Gasteiger charge is -2.09. The highest BCUT2D eigenvalue weighted by Crippen LogP contribution is 2.24. The van der Waals surface area contributed by atoms with Crippen molar-refractivity contribution in [2.45, 2.75) is 17.6 Å². The van der Waals surface area contributed by atoms with Gasteiger partial charge in [0.25, 0.3) is 0 Å². The highest BCUT2D eigenvalue weighted by Gasteiger charge is 2.17. The van der Waals surface area contributed by atoms with Gasteiger partial charge in [-0.05, 0) is 42.8 Å². The van der Waals surface area contributed by atoms with E-state index in [1.807, 2.05) is 6.92 Å². The summed E-state index contributed by atoms with van der Waals surface area (Å²) < 4.78 is 29.8. The SMILES string of the molecule is COc1ccc(N)c(CS(=O)(=O)c2ccc(C)cc2)c1. The first kappa shape index (κ1) is 14.4. The zero-order valence-corrected chi connectivity index (χ0v) is 12.3. The molecule has 0 saturated carbocycles. The Kier molecular flexibility index (Phi) is 3.99. The summed E-state index contributed by atoms with van der Waals surface area (Å²) in [5.74, 6) is 0.451. The molecule has 106 valence electrons. The van der Waals surface area contributed by atoms with Crippen LogP contribution in [-0.4, -0.2) is 15.5 Å². The lowest BCUT2D eigenvalue weighted by atomic mass is 10.2. The molecule has 0 aliphatic carbocycles. The molecule has 0 aliphatic rings. The first-order valence-electron chi connectivity index (χ1n) is 6.14. The molecule has 0 radical (unpaired) electrons. The summed E-state index contributed by atoms with van der Waals surface area (Å²) in [5.41, 5.74) is 7.84. The van der Waals surface area contributed by atoms with Crippen LogP contribution >= 0.6 is 0 Å². The van der Waals surface area contributed by atoms with Crippen LogP contribution in [0.15, 0.2) is 47.4 Å². The Morgan fingerprint density at radius 2 is 1.75 bits per heavy atom. The van der Waals surface area contributed by atoms with Gasteiger partial charge in [0.1, 0.15) is 5.75 Å². The average Bonchev–Trinajstić information content (AvgIpc) is 2.41. The third kappa shape index (κ3) is 3.11. The Balaban J connectivity index is 2.35. The van der Waals surface area contributed by atoms with Gasteiger partial charge in [-0.15, -0.1) is 0 Å². The van der Waals surface area contributed by atoms with Crippen LogP contribution in [-0.2, 0) is 15.6 Å². The molecule has 4 nitrogen and oxygen atoms in total. The van der Waals surface area contributed by atoms with Gasteiger partial charge in [-0.3, -0.25) is 0 Å². The summed E-state index contributed by atoms with van der Waals surface area (Å²) in [4.78, 5) is 0.297. The third-order valence-electron chi connectivity index (χ3n) is 3.08. The number of ether oxygens (including phenoxy) is 1. The van der Waals surface area contributed by atoms with Crippen LogP contribution < -0.4 is 10.5 Å². The first-order valence-corrected chi connectivity index (χ1v) is 7.79. The lowest BCUT2D eigenvalue weighted by Crippen LogP contribution is -2.07. The van der Waals surface area contributed by atoms with Crippen LogP contribution in [0.1, 0.15) is 11.1 Å². The lowest BCUT2D eigenvalue weighted by molar-refractivity contribution is 0.414. The maximum Gasteiger partial charge on any atom is 0.182 e. The van der Waals surface area contributed by atoms with Crippen molar-refractivity contribution in [3.8, 4) is 5.75 Å². The van der Waals surface area contributed by atoms with Gasteiger partial charge in [0.05, 0.1) is 17.8 Å². The maximum atomic E-state index is 12.4. The van der Waals surface area contributed by atoms with E-state index in [0.29, 0.717) is 21.9 Å². The van der Waals surface area contributed by atoms with Crippen molar-refractivity contribution in [2.24, 2.45) is 0 Å². The maximum absolute atomic E-state index is 12.4. The molecule has 2 rings (SSSR count). The van der Waals surface area contributed by atoms with E-state index < -0.39 is 9.84 Å². The van der Waals surface area contributed by atoms with Crippen molar-refractivity contribution in [3.63, 3.8) is 0 Å². The topological polar surface area (TPSA) is 69.4 Å². The fourth-order valence-electron chi connectivity index (χ4n) is 1.87. The molecule has 0 atom stereocenters. The van der Waals surface area contributed by atoms with Crippen molar-refractivity contribution >= 4 is 15.5 Å². The van der Waals surface area contributed by atoms with Crippen molar-refractivity contribution < 1.29 is 13.2 Å². The van der Waals surface area contributed by atoms with Gasteiger partial charge in [-0.1, -0.05) is 17.7 Å². The van der Waals surface area contributed by atoms with E-state index in [-0.39, 0.29) is 5.75 Å². The number of anilines is 1. The monoisotopic (exact) mass is 291 g/mol. The summed E-state index contributed by atoms with van der Waals surface area (Å²) in [7, 11) is -1.88. The summed E-state index contributed by atoms with van der Waals surface area (Å²) in [5, 5.41) is 0. The molecular formula is C15H17NO3S.